The van der Waals surface area contributed by atoms with Gasteiger partial charge in [-0.1, -0.05) is 0 Å². The van der Waals surface area contributed by atoms with Gasteiger partial charge >= 0.3 is 0 Å². The Bertz CT molecular complexity index is 413. The fraction of sp³-hybridized carbons (Fsp3) is 0.786. The van der Waals surface area contributed by atoms with E-state index in [9.17, 15) is 0 Å². The van der Waals surface area contributed by atoms with Crippen LogP contribution in [0, 0.1) is 5.92 Å². The van der Waals surface area contributed by atoms with Gasteiger partial charge in [0.15, 0.2) is 5.13 Å². The maximum Gasteiger partial charge on any atom is 0.185 e. The molecule has 2 unspecified atom stereocenters. The van der Waals surface area contributed by atoms with Crippen LogP contribution in [0.2, 0.25) is 0 Å². The Hall–Kier alpha value is -0.690. The van der Waals surface area contributed by atoms with Gasteiger partial charge in [-0.05, 0) is 13.3 Å². The van der Waals surface area contributed by atoms with E-state index in [-0.39, 0.29) is 5.54 Å². The summed E-state index contributed by atoms with van der Waals surface area (Å²) in [5, 5.41) is 3.19. The Balaban J connectivity index is 1.64. The lowest BCUT2D eigenvalue weighted by Crippen LogP contribution is -2.62. The zero-order valence-corrected chi connectivity index (χ0v) is 12.9. The molecule has 0 aromatic carbocycles. The summed E-state index contributed by atoms with van der Waals surface area (Å²) in [6.45, 7) is 8.96. The number of rotatable bonds is 4. The Labute approximate surface area is 124 Å². The van der Waals surface area contributed by atoms with Crippen LogP contribution in [-0.2, 0) is 4.74 Å². The zero-order valence-electron chi connectivity index (χ0n) is 12.1. The van der Waals surface area contributed by atoms with Crippen LogP contribution in [0.1, 0.15) is 13.3 Å². The summed E-state index contributed by atoms with van der Waals surface area (Å²) >= 11 is 1.72. The molecule has 0 saturated carbocycles. The van der Waals surface area contributed by atoms with Gasteiger partial charge < -0.3 is 15.4 Å². The molecule has 20 heavy (non-hydrogen) atoms. The van der Waals surface area contributed by atoms with Crippen LogP contribution >= 0.6 is 11.3 Å². The third-order valence-electron chi connectivity index (χ3n) is 4.91. The second-order valence-corrected chi connectivity index (χ2v) is 6.78. The number of piperazine rings is 1. The van der Waals surface area contributed by atoms with Crippen molar-refractivity contribution in [1.82, 2.24) is 9.88 Å². The van der Waals surface area contributed by atoms with Crippen molar-refractivity contribution >= 4 is 16.5 Å². The fourth-order valence-electron chi connectivity index (χ4n) is 3.36. The first-order valence-electron chi connectivity index (χ1n) is 7.41. The molecule has 3 heterocycles. The lowest BCUT2D eigenvalue weighted by Gasteiger charge is -2.48. The quantitative estimate of drug-likeness (QED) is 0.899. The molecule has 1 aromatic heterocycles. The molecule has 2 aliphatic heterocycles. The Morgan fingerprint density at radius 3 is 2.80 bits per heavy atom. The highest BCUT2D eigenvalue weighted by atomic mass is 32.1. The molecule has 2 N–H and O–H groups in total. The van der Waals surface area contributed by atoms with Gasteiger partial charge in [-0.2, -0.15) is 0 Å². The van der Waals surface area contributed by atoms with Crippen molar-refractivity contribution in [3.8, 4) is 0 Å². The lowest BCUT2D eigenvalue weighted by atomic mass is 9.83. The first kappa shape index (κ1) is 14.3. The summed E-state index contributed by atoms with van der Waals surface area (Å²) in [7, 11) is 0. The first-order chi connectivity index (χ1) is 9.74. The van der Waals surface area contributed by atoms with Crippen molar-refractivity contribution < 1.29 is 4.74 Å². The number of aromatic nitrogens is 1. The normalized spacial score (nSPS) is 27.7. The molecule has 2 saturated heterocycles. The number of nitrogens with zero attached hydrogens (tertiary/aromatic N) is 3. The van der Waals surface area contributed by atoms with Gasteiger partial charge in [0.1, 0.15) is 0 Å². The molecule has 0 spiro atoms. The third-order valence-corrected chi connectivity index (χ3v) is 5.75. The van der Waals surface area contributed by atoms with Crippen LogP contribution in [0.15, 0.2) is 11.6 Å². The van der Waals surface area contributed by atoms with Crippen LogP contribution in [0.25, 0.3) is 0 Å². The topological polar surface area (TPSA) is 54.6 Å². The molecular formula is C14H24N4OS. The molecule has 2 aliphatic rings. The number of anilines is 1. The van der Waals surface area contributed by atoms with E-state index in [2.05, 4.69) is 21.7 Å². The summed E-state index contributed by atoms with van der Waals surface area (Å²) < 4.78 is 5.57. The van der Waals surface area contributed by atoms with Gasteiger partial charge in [0.25, 0.3) is 0 Å². The van der Waals surface area contributed by atoms with E-state index < -0.39 is 0 Å². The molecule has 5 nitrogen and oxygen atoms in total. The monoisotopic (exact) mass is 296 g/mol. The minimum absolute atomic E-state index is 0.0749. The van der Waals surface area contributed by atoms with Gasteiger partial charge in [-0.3, -0.25) is 4.90 Å². The predicted octanol–water partition coefficient (Wildman–Crippen LogP) is 1.02. The second kappa shape index (κ2) is 5.97. The molecule has 0 radical (unpaired) electrons. The Morgan fingerprint density at radius 1 is 1.45 bits per heavy atom. The molecule has 0 aliphatic carbocycles. The van der Waals surface area contributed by atoms with Crippen molar-refractivity contribution in [2.24, 2.45) is 11.7 Å². The van der Waals surface area contributed by atoms with E-state index in [1.165, 1.54) is 0 Å². The number of hydrogen-bond acceptors (Lipinski definition) is 6. The molecule has 2 fully saturated rings. The maximum atomic E-state index is 6.13. The number of nitrogens with two attached hydrogens (primary N) is 1. The number of thiazole rings is 1. The second-order valence-electron chi connectivity index (χ2n) is 5.91. The SMILES string of the molecule is CC(CN)(C1CCOC1)N1CCN(c2nccs2)CC1. The van der Waals surface area contributed by atoms with E-state index in [1.807, 2.05) is 11.6 Å². The van der Waals surface area contributed by atoms with Crippen LogP contribution in [0.5, 0.6) is 0 Å². The minimum atomic E-state index is 0.0749. The summed E-state index contributed by atoms with van der Waals surface area (Å²) in [5.41, 5.74) is 6.20. The molecule has 0 amide bonds. The first-order valence-corrected chi connectivity index (χ1v) is 8.29. The molecule has 1 aromatic rings. The van der Waals surface area contributed by atoms with Crippen LogP contribution in [0.4, 0.5) is 5.13 Å². The van der Waals surface area contributed by atoms with E-state index in [4.69, 9.17) is 10.5 Å². The third kappa shape index (κ3) is 2.57. The maximum absolute atomic E-state index is 6.13. The molecule has 6 heteroatoms. The van der Waals surface area contributed by atoms with Gasteiger partial charge in [-0.25, -0.2) is 4.98 Å². The zero-order chi connectivity index (χ0) is 14.0. The summed E-state index contributed by atoms with van der Waals surface area (Å²) in [6.07, 6.45) is 3.02. The average Bonchev–Trinajstić information content (AvgIpc) is 3.19. The molecule has 0 bridgehead atoms. The van der Waals surface area contributed by atoms with Crippen molar-refractivity contribution in [2.45, 2.75) is 18.9 Å². The smallest absolute Gasteiger partial charge is 0.185 e. The van der Waals surface area contributed by atoms with E-state index >= 15 is 0 Å². The standard InChI is InChI=1S/C14H24N4OS/c1-14(11-15,12-2-8-19-10-12)18-6-4-17(5-7-18)13-16-3-9-20-13/h3,9,12H,2,4-8,10-11,15H2,1H3. The summed E-state index contributed by atoms with van der Waals surface area (Å²) in [4.78, 5) is 9.35. The van der Waals surface area contributed by atoms with Gasteiger partial charge in [0, 0.05) is 62.4 Å². The summed E-state index contributed by atoms with van der Waals surface area (Å²) in [6, 6.07) is 0. The van der Waals surface area contributed by atoms with Crippen LogP contribution < -0.4 is 10.6 Å². The number of ether oxygens (including phenoxy) is 1. The molecule has 3 rings (SSSR count). The fourth-order valence-corrected chi connectivity index (χ4v) is 4.06. The number of hydrogen-bond donors (Lipinski definition) is 1. The predicted molar refractivity (Wildman–Crippen MR) is 82.3 cm³/mol. The average molecular weight is 296 g/mol. The summed E-state index contributed by atoms with van der Waals surface area (Å²) in [5.74, 6) is 0.568. The molecule has 2 atom stereocenters. The van der Waals surface area contributed by atoms with E-state index in [1.54, 1.807) is 11.3 Å². The Morgan fingerprint density at radius 2 is 2.25 bits per heavy atom. The lowest BCUT2D eigenvalue weighted by molar-refractivity contribution is 0.0407. The van der Waals surface area contributed by atoms with Gasteiger partial charge in [0.05, 0.1) is 6.61 Å². The highest BCUT2D eigenvalue weighted by molar-refractivity contribution is 7.13. The van der Waals surface area contributed by atoms with Crippen molar-refractivity contribution in [2.75, 3.05) is 50.8 Å². The highest BCUT2D eigenvalue weighted by Crippen LogP contribution is 2.32. The van der Waals surface area contributed by atoms with Crippen LogP contribution in [-0.4, -0.2) is 61.4 Å². The highest BCUT2D eigenvalue weighted by Gasteiger charge is 2.41. The molecular weight excluding hydrogens is 272 g/mol. The van der Waals surface area contributed by atoms with Crippen molar-refractivity contribution in [3.05, 3.63) is 11.6 Å². The largest absolute Gasteiger partial charge is 0.381 e. The van der Waals surface area contributed by atoms with E-state index in [0.29, 0.717) is 12.5 Å². The van der Waals surface area contributed by atoms with Crippen molar-refractivity contribution in [3.63, 3.8) is 0 Å². The van der Waals surface area contributed by atoms with E-state index in [0.717, 1.165) is 50.9 Å². The Kier molecular flexibility index (Phi) is 4.26. The minimum Gasteiger partial charge on any atom is -0.381 e. The molecule has 112 valence electrons. The van der Waals surface area contributed by atoms with Crippen molar-refractivity contribution in [1.29, 1.82) is 0 Å². The van der Waals surface area contributed by atoms with Crippen LogP contribution in [0.3, 0.4) is 0 Å². The van der Waals surface area contributed by atoms with Gasteiger partial charge in [-0.15, -0.1) is 11.3 Å². The van der Waals surface area contributed by atoms with Gasteiger partial charge in [0.2, 0.25) is 0 Å².